The van der Waals surface area contributed by atoms with Gasteiger partial charge in [-0.15, -0.1) is 0 Å². The van der Waals surface area contributed by atoms with Crippen LogP contribution in [0.1, 0.15) is 290 Å². The van der Waals surface area contributed by atoms with Crippen molar-refractivity contribution in [2.75, 3.05) is 24.7 Å². The summed E-state index contributed by atoms with van der Waals surface area (Å²) in [6.45, 7) is 5.83. The monoisotopic (exact) mass is 997 g/mol. The Morgan fingerprint density at radius 3 is 1.10 bits per heavy atom. The number of amides is 2. The molecule has 0 bridgehead atoms. The molecule has 11 nitrogen and oxygen atoms in total. The van der Waals surface area contributed by atoms with Crippen LogP contribution in [0.2, 0.25) is 0 Å². The SMILES string of the molecule is CCCCCCCCCCCCCCCC(=O)N[C@@H](CSC[C@H](COC(=O)CCCCCCCCCCCCCCC)OC(=O)CCCCCCCCCCCCCCC)C(=O)N[C@@H](CO)C(=O)O. The van der Waals surface area contributed by atoms with Gasteiger partial charge in [0.05, 0.1) is 6.61 Å². The van der Waals surface area contributed by atoms with Gasteiger partial charge in [-0.05, 0) is 19.3 Å². The summed E-state index contributed by atoms with van der Waals surface area (Å²) in [5.41, 5.74) is 0. The zero-order chi connectivity index (χ0) is 50.7. The van der Waals surface area contributed by atoms with Crippen molar-refractivity contribution in [2.45, 2.75) is 309 Å². The lowest BCUT2D eigenvalue weighted by molar-refractivity contribution is -0.157. The molecule has 0 heterocycles. The highest BCUT2D eigenvalue weighted by Crippen LogP contribution is 2.18. The van der Waals surface area contributed by atoms with Crippen LogP contribution in [0.15, 0.2) is 0 Å². The number of thioether (sulfide) groups is 1. The Morgan fingerprint density at radius 2 is 0.754 bits per heavy atom. The topological polar surface area (TPSA) is 168 Å². The third-order valence-corrected chi connectivity index (χ3v) is 14.4. The van der Waals surface area contributed by atoms with E-state index < -0.39 is 36.7 Å². The molecular formula is C57H108N2O9S. The van der Waals surface area contributed by atoms with E-state index >= 15 is 0 Å². The first kappa shape index (κ1) is 66.7. The second-order valence-electron chi connectivity index (χ2n) is 20.0. The van der Waals surface area contributed by atoms with Gasteiger partial charge >= 0.3 is 17.9 Å². The summed E-state index contributed by atoms with van der Waals surface area (Å²) in [5, 5.41) is 24.2. The number of carbonyl (C=O) groups excluding carboxylic acids is 4. The molecule has 12 heteroatoms. The van der Waals surface area contributed by atoms with E-state index in [2.05, 4.69) is 31.4 Å². The molecule has 2 amide bonds. The van der Waals surface area contributed by atoms with Gasteiger partial charge in [0.2, 0.25) is 11.8 Å². The lowest BCUT2D eigenvalue weighted by Crippen LogP contribution is -2.53. The highest BCUT2D eigenvalue weighted by atomic mass is 32.2. The zero-order valence-corrected chi connectivity index (χ0v) is 45.7. The van der Waals surface area contributed by atoms with E-state index in [-0.39, 0.29) is 48.8 Å². The zero-order valence-electron chi connectivity index (χ0n) is 44.9. The van der Waals surface area contributed by atoms with Crippen LogP contribution in [-0.4, -0.2) is 82.8 Å². The normalized spacial score (nSPS) is 12.6. The number of carbonyl (C=O) groups is 5. The van der Waals surface area contributed by atoms with Crippen molar-refractivity contribution in [2.24, 2.45) is 0 Å². The van der Waals surface area contributed by atoms with Gasteiger partial charge in [-0.2, -0.15) is 11.8 Å². The molecule has 0 aliphatic rings. The molecule has 0 unspecified atom stereocenters. The molecule has 0 aromatic heterocycles. The number of carboxylic acids is 1. The number of carboxylic acid groups (broad SMARTS) is 1. The van der Waals surface area contributed by atoms with Gasteiger partial charge in [-0.1, -0.05) is 252 Å². The number of unbranched alkanes of at least 4 members (excludes halogenated alkanes) is 36. The molecule has 0 aliphatic heterocycles. The van der Waals surface area contributed by atoms with Gasteiger partial charge in [-0.3, -0.25) is 19.2 Å². The molecule has 0 radical (unpaired) electrons. The summed E-state index contributed by atoms with van der Waals surface area (Å²) >= 11 is 1.26. The summed E-state index contributed by atoms with van der Waals surface area (Å²) in [6, 6.07) is -2.60. The lowest BCUT2D eigenvalue weighted by atomic mass is 10.0. The molecule has 3 atom stereocenters. The minimum absolute atomic E-state index is 0.0633. The number of aliphatic carboxylic acids is 1. The standard InChI is InChI=1S/C57H108N2O9S/c1-4-7-10-13-16-19-22-25-28-31-34-37-40-43-53(61)58-52(56(64)59-51(46-60)57(65)66)49-69-48-50(68-55(63)45-42-39-36-33-30-27-24-21-18-15-12-9-6-3)47-67-54(62)44-41-38-35-32-29-26-23-20-17-14-11-8-5-2/h50-52,60H,4-49H2,1-3H3,(H,58,61)(H,59,64)(H,65,66)/t50-,51-,52-/m0/s1. The minimum Gasteiger partial charge on any atom is -0.480 e. The Kier molecular flexibility index (Phi) is 50.2. The number of aliphatic hydroxyl groups is 1. The number of esters is 2. The maximum Gasteiger partial charge on any atom is 0.328 e. The Hall–Kier alpha value is -2.34. The smallest absolute Gasteiger partial charge is 0.328 e. The minimum atomic E-state index is -1.52. The predicted octanol–water partition coefficient (Wildman–Crippen LogP) is 14.7. The van der Waals surface area contributed by atoms with Crippen LogP contribution in [0.4, 0.5) is 0 Å². The second-order valence-corrected chi connectivity index (χ2v) is 21.1. The summed E-state index contributed by atoms with van der Waals surface area (Å²) in [5.74, 6) is -2.83. The summed E-state index contributed by atoms with van der Waals surface area (Å²) in [7, 11) is 0. The van der Waals surface area contributed by atoms with Gasteiger partial charge < -0.3 is 30.3 Å². The van der Waals surface area contributed by atoms with Crippen LogP contribution in [0, 0.1) is 0 Å². The Balaban J connectivity index is 5.08. The van der Waals surface area contributed by atoms with E-state index in [9.17, 15) is 34.2 Å². The third-order valence-electron chi connectivity index (χ3n) is 13.2. The molecule has 0 fully saturated rings. The Labute approximate surface area is 427 Å². The maximum absolute atomic E-state index is 13.3. The molecule has 406 valence electrons. The van der Waals surface area contributed by atoms with Gasteiger partial charge in [0, 0.05) is 30.8 Å². The Bertz CT molecular complexity index is 1210. The first-order valence-electron chi connectivity index (χ1n) is 29.0. The van der Waals surface area contributed by atoms with E-state index in [1.807, 2.05) is 0 Å². The van der Waals surface area contributed by atoms with E-state index in [4.69, 9.17) is 9.47 Å². The Morgan fingerprint density at radius 1 is 0.420 bits per heavy atom. The summed E-state index contributed by atoms with van der Waals surface area (Å²) in [4.78, 5) is 63.9. The van der Waals surface area contributed by atoms with Crippen LogP contribution in [0.3, 0.4) is 0 Å². The average molecular weight is 998 g/mol. The third kappa shape index (κ3) is 46.5. The number of hydrogen-bond acceptors (Lipinski definition) is 9. The average Bonchev–Trinajstić information content (AvgIpc) is 3.33. The fourth-order valence-electron chi connectivity index (χ4n) is 8.72. The van der Waals surface area contributed by atoms with E-state index in [1.54, 1.807) is 0 Å². The molecule has 0 spiro atoms. The van der Waals surface area contributed by atoms with Crippen molar-refractivity contribution in [1.29, 1.82) is 0 Å². The highest BCUT2D eigenvalue weighted by Gasteiger charge is 2.27. The number of rotatable bonds is 54. The molecule has 0 rings (SSSR count). The van der Waals surface area contributed by atoms with Gasteiger partial charge in [0.25, 0.3) is 0 Å². The van der Waals surface area contributed by atoms with E-state index in [0.29, 0.717) is 12.8 Å². The van der Waals surface area contributed by atoms with Crippen LogP contribution in [0.5, 0.6) is 0 Å². The first-order chi connectivity index (χ1) is 33.7. The largest absolute Gasteiger partial charge is 0.480 e. The molecule has 0 aliphatic carbocycles. The van der Waals surface area contributed by atoms with E-state index in [0.717, 1.165) is 64.2 Å². The van der Waals surface area contributed by atoms with Crippen molar-refractivity contribution < 1.29 is 43.7 Å². The fourth-order valence-corrected chi connectivity index (χ4v) is 9.75. The molecule has 4 N–H and O–H groups in total. The van der Waals surface area contributed by atoms with Crippen LogP contribution in [0.25, 0.3) is 0 Å². The van der Waals surface area contributed by atoms with Crippen LogP contribution in [-0.2, 0) is 33.4 Å². The number of ether oxygens (including phenoxy) is 2. The molecule has 0 aromatic rings. The molecular weight excluding hydrogens is 889 g/mol. The molecule has 0 saturated carbocycles. The second kappa shape index (κ2) is 52.0. The van der Waals surface area contributed by atoms with Gasteiger partial charge in [0.1, 0.15) is 24.8 Å². The van der Waals surface area contributed by atoms with Crippen LogP contribution >= 0.6 is 11.8 Å². The maximum atomic E-state index is 13.3. The van der Waals surface area contributed by atoms with Gasteiger partial charge in [0.15, 0.2) is 0 Å². The number of nitrogens with one attached hydrogen (secondary N) is 2. The van der Waals surface area contributed by atoms with E-state index in [1.165, 1.54) is 192 Å². The number of hydrogen-bond donors (Lipinski definition) is 4. The van der Waals surface area contributed by atoms with Crippen molar-refractivity contribution in [3.63, 3.8) is 0 Å². The molecule has 69 heavy (non-hydrogen) atoms. The van der Waals surface area contributed by atoms with Crippen molar-refractivity contribution in [1.82, 2.24) is 10.6 Å². The molecule has 0 saturated heterocycles. The first-order valence-corrected chi connectivity index (χ1v) is 30.2. The lowest BCUT2D eigenvalue weighted by Gasteiger charge is -2.22. The van der Waals surface area contributed by atoms with Crippen molar-refractivity contribution in [3.8, 4) is 0 Å². The molecule has 0 aromatic carbocycles. The number of aliphatic hydroxyl groups excluding tert-OH is 1. The van der Waals surface area contributed by atoms with Gasteiger partial charge in [-0.25, -0.2) is 4.79 Å². The highest BCUT2D eigenvalue weighted by molar-refractivity contribution is 7.99. The van der Waals surface area contributed by atoms with Crippen LogP contribution < -0.4 is 10.6 Å². The quantitative estimate of drug-likeness (QED) is 0.0340. The van der Waals surface area contributed by atoms with Crippen molar-refractivity contribution >= 4 is 41.5 Å². The summed E-state index contributed by atoms with van der Waals surface area (Å²) in [6.07, 6.45) is 46.9. The predicted molar refractivity (Wildman–Crippen MR) is 288 cm³/mol. The van der Waals surface area contributed by atoms with Crippen molar-refractivity contribution in [3.05, 3.63) is 0 Å². The fraction of sp³-hybridized carbons (Fsp3) is 0.912. The summed E-state index contributed by atoms with van der Waals surface area (Å²) < 4.78 is 11.5.